The van der Waals surface area contributed by atoms with Crippen molar-refractivity contribution < 1.29 is 27.1 Å². The molecule has 1 aromatic rings. The summed E-state index contributed by atoms with van der Waals surface area (Å²) in [6.45, 7) is 0. The highest BCUT2D eigenvalue weighted by Crippen LogP contribution is 2.07. The van der Waals surface area contributed by atoms with E-state index in [2.05, 4.69) is 4.74 Å². The van der Waals surface area contributed by atoms with Gasteiger partial charge in [-0.3, -0.25) is 4.55 Å². The number of nitrogens with zero attached hydrogens (tertiary/aromatic N) is 1. The highest BCUT2D eigenvalue weighted by Gasteiger charge is 2.40. The molecule has 0 aliphatic carbocycles. The molecular weight excluding hydrogens is 222 g/mol. The van der Waals surface area contributed by atoms with Crippen LogP contribution in [0.4, 0.5) is 0 Å². The molecule has 15 heavy (non-hydrogen) atoms. The number of hydrogen-bond acceptors (Lipinski definition) is 4. The van der Waals surface area contributed by atoms with Crippen LogP contribution < -0.4 is 4.57 Å². The fourth-order valence-electron chi connectivity index (χ4n) is 1.07. The summed E-state index contributed by atoms with van der Waals surface area (Å²) in [6.07, 6.45) is 2.69. The summed E-state index contributed by atoms with van der Waals surface area (Å²) >= 11 is 0. The normalized spacial score (nSPS) is 13.2. The van der Waals surface area contributed by atoms with E-state index in [-0.39, 0.29) is 0 Å². The lowest BCUT2D eigenvalue weighted by Crippen LogP contribution is -2.48. The molecule has 0 bridgehead atoms. The molecule has 1 N–H and O–H groups in total. The van der Waals surface area contributed by atoms with Crippen LogP contribution in [-0.4, -0.2) is 26.0 Å². The van der Waals surface area contributed by atoms with Crippen molar-refractivity contribution in [2.75, 3.05) is 7.11 Å². The maximum Gasteiger partial charge on any atom is 0.395 e. The zero-order chi connectivity index (χ0) is 11.5. The molecule has 0 aromatic carbocycles. The maximum atomic E-state index is 11.2. The number of esters is 1. The highest BCUT2D eigenvalue weighted by molar-refractivity contribution is 7.86. The van der Waals surface area contributed by atoms with Gasteiger partial charge in [-0.15, -0.1) is 0 Å². The molecule has 1 rings (SSSR count). The van der Waals surface area contributed by atoms with Crippen LogP contribution in [0.5, 0.6) is 0 Å². The Kier molecular flexibility index (Phi) is 3.38. The minimum absolute atomic E-state index is 1.04. The SMILES string of the molecule is COC(=O)C([n+]1ccccc1)S(=O)(=O)O. The molecule has 0 saturated heterocycles. The Morgan fingerprint density at radius 2 is 1.87 bits per heavy atom. The van der Waals surface area contributed by atoms with E-state index >= 15 is 0 Å². The first-order valence-corrected chi connectivity index (χ1v) is 5.47. The van der Waals surface area contributed by atoms with Crippen LogP contribution in [-0.2, 0) is 19.6 Å². The zero-order valence-corrected chi connectivity index (χ0v) is 8.72. The summed E-state index contributed by atoms with van der Waals surface area (Å²) in [5.74, 6) is -1.05. The monoisotopic (exact) mass is 232 g/mol. The van der Waals surface area contributed by atoms with Gasteiger partial charge in [0.1, 0.15) is 0 Å². The van der Waals surface area contributed by atoms with E-state index in [9.17, 15) is 13.2 Å². The largest absolute Gasteiger partial charge is 0.463 e. The van der Waals surface area contributed by atoms with Gasteiger partial charge in [0.15, 0.2) is 12.4 Å². The molecule has 82 valence electrons. The predicted octanol–water partition coefficient (Wildman–Crippen LogP) is -0.467. The van der Waals surface area contributed by atoms with Crippen LogP contribution in [0.1, 0.15) is 5.37 Å². The quantitative estimate of drug-likeness (QED) is 0.433. The molecule has 1 unspecified atom stereocenters. The summed E-state index contributed by atoms with van der Waals surface area (Å²) in [6, 6.07) is 4.71. The molecule has 1 aromatic heterocycles. The average Bonchev–Trinajstić information content (AvgIpc) is 2.17. The van der Waals surface area contributed by atoms with E-state index in [4.69, 9.17) is 4.55 Å². The Balaban J connectivity index is 3.20. The van der Waals surface area contributed by atoms with Crippen molar-refractivity contribution in [3.8, 4) is 0 Å². The van der Waals surface area contributed by atoms with Crippen LogP contribution in [0, 0.1) is 0 Å². The second-order valence-corrected chi connectivity index (χ2v) is 4.19. The number of aromatic nitrogens is 1. The Morgan fingerprint density at radius 3 is 2.27 bits per heavy atom. The molecule has 0 amide bonds. The molecule has 0 saturated carbocycles. The Bertz CT molecular complexity index is 441. The van der Waals surface area contributed by atoms with Crippen molar-refractivity contribution in [1.29, 1.82) is 0 Å². The van der Waals surface area contributed by atoms with Gasteiger partial charge in [-0.05, 0) is 0 Å². The number of carbonyl (C=O) groups is 1. The third-order valence-corrected chi connectivity index (χ3v) is 2.69. The summed E-state index contributed by atoms with van der Waals surface area (Å²) in [5.41, 5.74) is 0. The van der Waals surface area contributed by atoms with Crippen molar-refractivity contribution >= 4 is 16.1 Å². The van der Waals surface area contributed by atoms with Gasteiger partial charge in [-0.2, -0.15) is 13.0 Å². The van der Waals surface area contributed by atoms with Crippen LogP contribution in [0.3, 0.4) is 0 Å². The van der Waals surface area contributed by atoms with Gasteiger partial charge in [0.05, 0.1) is 7.11 Å². The number of carbonyl (C=O) groups excluding carboxylic acids is 1. The molecule has 1 atom stereocenters. The molecule has 0 fully saturated rings. The Morgan fingerprint density at radius 1 is 1.33 bits per heavy atom. The smallest absolute Gasteiger partial charge is 0.395 e. The average molecular weight is 232 g/mol. The molecule has 7 heteroatoms. The first-order chi connectivity index (χ1) is 6.96. The van der Waals surface area contributed by atoms with Crippen molar-refractivity contribution in [3.05, 3.63) is 30.6 Å². The highest BCUT2D eigenvalue weighted by atomic mass is 32.2. The van der Waals surface area contributed by atoms with Crippen LogP contribution >= 0.6 is 0 Å². The molecule has 0 aliphatic heterocycles. The second kappa shape index (κ2) is 4.37. The lowest BCUT2D eigenvalue weighted by molar-refractivity contribution is -0.691. The third kappa shape index (κ3) is 2.74. The van der Waals surface area contributed by atoms with E-state index in [0.717, 1.165) is 11.7 Å². The third-order valence-electron chi connectivity index (χ3n) is 1.69. The topological polar surface area (TPSA) is 84.5 Å². The van der Waals surface area contributed by atoms with Gasteiger partial charge in [-0.1, -0.05) is 6.07 Å². The van der Waals surface area contributed by atoms with E-state index in [1.807, 2.05) is 0 Å². The van der Waals surface area contributed by atoms with Crippen molar-refractivity contribution in [1.82, 2.24) is 0 Å². The van der Waals surface area contributed by atoms with E-state index in [0.29, 0.717) is 0 Å². The Labute approximate surface area is 86.9 Å². The maximum absolute atomic E-state index is 11.2. The molecular formula is C8H10NO5S+. The van der Waals surface area contributed by atoms with Gasteiger partial charge in [0.25, 0.3) is 0 Å². The summed E-state index contributed by atoms with van der Waals surface area (Å²) in [4.78, 5) is 11.2. The second-order valence-electron chi connectivity index (χ2n) is 2.71. The standard InChI is InChI=1S/C8H9NO5S/c1-14-8(10)7(15(11,12)13)9-5-3-2-4-6-9/h2-7H,1H3/p+1. The number of pyridine rings is 1. The molecule has 0 aliphatic rings. The van der Waals surface area contributed by atoms with Gasteiger partial charge < -0.3 is 4.74 Å². The van der Waals surface area contributed by atoms with Crippen molar-refractivity contribution in [2.45, 2.75) is 5.37 Å². The zero-order valence-electron chi connectivity index (χ0n) is 7.90. The fourth-order valence-corrected chi connectivity index (χ4v) is 1.85. The van der Waals surface area contributed by atoms with Crippen molar-refractivity contribution in [2.24, 2.45) is 0 Å². The van der Waals surface area contributed by atoms with Gasteiger partial charge in [0, 0.05) is 12.1 Å². The summed E-state index contributed by atoms with van der Waals surface area (Å²) < 4.78 is 36.2. The molecule has 1 heterocycles. The lowest BCUT2D eigenvalue weighted by Gasteiger charge is -2.06. The van der Waals surface area contributed by atoms with E-state index < -0.39 is 21.5 Å². The Hall–Kier alpha value is -1.47. The minimum Gasteiger partial charge on any atom is -0.463 e. The van der Waals surface area contributed by atoms with Crippen LogP contribution in [0.15, 0.2) is 30.6 Å². The van der Waals surface area contributed by atoms with Gasteiger partial charge in [-0.25, -0.2) is 4.79 Å². The molecule has 0 spiro atoms. The predicted molar refractivity (Wildman–Crippen MR) is 49.2 cm³/mol. The first kappa shape index (κ1) is 11.6. The number of methoxy groups -OCH3 is 1. The number of hydrogen-bond donors (Lipinski definition) is 1. The van der Waals surface area contributed by atoms with Crippen LogP contribution in [0.2, 0.25) is 0 Å². The summed E-state index contributed by atoms with van der Waals surface area (Å²) in [5, 5.41) is -1.76. The van der Waals surface area contributed by atoms with Gasteiger partial charge >= 0.3 is 21.5 Å². The van der Waals surface area contributed by atoms with Crippen LogP contribution in [0.25, 0.3) is 0 Å². The van der Waals surface area contributed by atoms with E-state index in [1.54, 1.807) is 6.07 Å². The fraction of sp³-hybridized carbons (Fsp3) is 0.250. The van der Waals surface area contributed by atoms with Gasteiger partial charge in [0.2, 0.25) is 0 Å². The summed E-state index contributed by atoms with van der Waals surface area (Å²) in [7, 11) is -3.50. The van der Waals surface area contributed by atoms with Crippen molar-refractivity contribution in [3.63, 3.8) is 0 Å². The number of rotatable bonds is 3. The molecule has 6 nitrogen and oxygen atoms in total. The first-order valence-electron chi connectivity index (χ1n) is 3.96. The number of ether oxygens (including phenoxy) is 1. The minimum atomic E-state index is -4.54. The lowest BCUT2D eigenvalue weighted by atomic mass is 10.5. The van der Waals surface area contributed by atoms with E-state index in [1.165, 1.54) is 24.5 Å². The molecule has 0 radical (unpaired) electrons.